The van der Waals surface area contributed by atoms with Crippen LogP contribution >= 0.6 is 0 Å². The zero-order valence-corrected chi connectivity index (χ0v) is 26.9. The summed E-state index contributed by atoms with van der Waals surface area (Å²) in [4.78, 5) is 48.5. The summed E-state index contributed by atoms with van der Waals surface area (Å²) in [5, 5.41) is 70.4. The Bertz CT molecular complexity index is 1380. The molecule has 5 rings (SSSR count). The molecule has 4 aliphatic rings. The standard InChI is InChI=1S/C28H39N5O16/c1-27(2)46-21-15(34)19(44-25(21)48-27)17(36)23(38)29-7-9-31(13-6-5-12(32(40)41)11-14(13)33(42)43)10-8-30-24(39)18(37)20-16(35)22-26(45-20)49-28(3,4)47-22/h5-6,11,15-22,25-26,34-37H,7-10H2,1-4H3,(H,29,38)(H,30,39)/t15-,16-,17-,18-,19-,20-,21+,22+,25+,26+/m0/s1. The second-order valence-corrected chi connectivity index (χ2v) is 12.8. The van der Waals surface area contributed by atoms with E-state index in [0.717, 1.165) is 18.2 Å². The fourth-order valence-corrected chi connectivity index (χ4v) is 6.08. The molecule has 272 valence electrons. The number of hydrogen-bond acceptors (Lipinski definition) is 17. The molecule has 21 nitrogen and oxygen atoms in total. The van der Waals surface area contributed by atoms with Gasteiger partial charge >= 0.3 is 0 Å². The number of non-ortho nitro benzene ring substituents is 1. The van der Waals surface area contributed by atoms with Gasteiger partial charge < -0.3 is 64.4 Å². The Morgan fingerprint density at radius 1 is 0.816 bits per heavy atom. The lowest BCUT2D eigenvalue weighted by molar-refractivity contribution is -0.393. The van der Waals surface area contributed by atoms with Crippen LogP contribution in [0.1, 0.15) is 27.7 Å². The molecule has 0 aliphatic carbocycles. The van der Waals surface area contributed by atoms with Gasteiger partial charge in [-0.2, -0.15) is 0 Å². The topological polar surface area (TPSA) is 284 Å². The van der Waals surface area contributed by atoms with E-state index < -0.39 is 106 Å². The molecule has 2 amide bonds. The molecule has 0 radical (unpaired) electrons. The average molecular weight is 702 g/mol. The first-order valence-corrected chi connectivity index (χ1v) is 15.4. The summed E-state index contributed by atoms with van der Waals surface area (Å²) < 4.78 is 33.2. The lowest BCUT2D eigenvalue weighted by atomic mass is 10.1. The third-order valence-electron chi connectivity index (χ3n) is 8.33. The van der Waals surface area contributed by atoms with Crippen molar-refractivity contribution in [1.82, 2.24) is 10.6 Å². The minimum Gasteiger partial charge on any atom is -0.387 e. The molecular formula is C28H39N5O16. The number of amides is 2. The maximum Gasteiger partial charge on any atom is 0.299 e. The molecule has 0 unspecified atom stereocenters. The fourth-order valence-electron chi connectivity index (χ4n) is 6.08. The van der Waals surface area contributed by atoms with Crippen LogP contribution in [-0.2, 0) is 38.0 Å². The Kier molecular flexibility index (Phi) is 10.4. The highest BCUT2D eigenvalue weighted by atomic mass is 16.8. The number of anilines is 1. The fraction of sp³-hybridized carbons (Fsp3) is 0.714. The van der Waals surface area contributed by atoms with E-state index in [9.17, 15) is 50.2 Å². The van der Waals surface area contributed by atoms with E-state index in [1.54, 1.807) is 27.7 Å². The second-order valence-electron chi connectivity index (χ2n) is 12.8. The van der Waals surface area contributed by atoms with Crippen LogP contribution in [0.3, 0.4) is 0 Å². The maximum atomic E-state index is 12.8. The molecule has 4 heterocycles. The Morgan fingerprint density at radius 3 is 1.65 bits per heavy atom. The van der Waals surface area contributed by atoms with E-state index in [1.807, 2.05) is 0 Å². The molecule has 1 aromatic rings. The van der Waals surface area contributed by atoms with Crippen LogP contribution in [0.25, 0.3) is 0 Å². The summed E-state index contributed by atoms with van der Waals surface area (Å²) >= 11 is 0. The normalized spacial score (nSPS) is 32.2. The molecule has 0 aromatic heterocycles. The summed E-state index contributed by atoms with van der Waals surface area (Å²) in [6.45, 7) is 5.61. The third kappa shape index (κ3) is 7.75. The van der Waals surface area contributed by atoms with Gasteiger partial charge in [-0.25, -0.2) is 0 Å². The van der Waals surface area contributed by atoms with Crippen LogP contribution in [-0.4, -0.2) is 141 Å². The van der Waals surface area contributed by atoms with E-state index in [4.69, 9.17) is 28.4 Å². The molecular weight excluding hydrogens is 662 g/mol. The van der Waals surface area contributed by atoms with Gasteiger partial charge in [0, 0.05) is 32.2 Å². The van der Waals surface area contributed by atoms with Gasteiger partial charge in [0.2, 0.25) is 0 Å². The first kappa shape index (κ1) is 36.6. The van der Waals surface area contributed by atoms with Crippen molar-refractivity contribution in [2.75, 3.05) is 31.1 Å². The summed E-state index contributed by atoms with van der Waals surface area (Å²) in [6.07, 6.45) is -13.2. The van der Waals surface area contributed by atoms with E-state index in [0.29, 0.717) is 0 Å². The molecule has 6 N–H and O–H groups in total. The number of carbonyl (C=O) groups excluding carboxylic acids is 2. The number of aliphatic hydroxyl groups is 4. The van der Waals surface area contributed by atoms with Crippen molar-refractivity contribution in [3.63, 3.8) is 0 Å². The molecule has 4 aliphatic heterocycles. The van der Waals surface area contributed by atoms with Crippen molar-refractivity contribution in [3.05, 3.63) is 38.4 Å². The summed E-state index contributed by atoms with van der Waals surface area (Å²) in [5.41, 5.74) is -1.28. The minimum absolute atomic E-state index is 0.0984. The highest BCUT2D eigenvalue weighted by molar-refractivity contribution is 5.82. The molecule has 10 atom stereocenters. The smallest absolute Gasteiger partial charge is 0.299 e. The lowest BCUT2D eigenvalue weighted by Gasteiger charge is -2.27. The second kappa shape index (κ2) is 13.9. The van der Waals surface area contributed by atoms with Crippen LogP contribution in [0, 0.1) is 20.2 Å². The number of rotatable bonds is 13. The highest BCUT2D eigenvalue weighted by Crippen LogP contribution is 2.39. The first-order valence-electron chi connectivity index (χ1n) is 15.4. The van der Waals surface area contributed by atoms with E-state index in [1.165, 1.54) is 4.90 Å². The van der Waals surface area contributed by atoms with Crippen molar-refractivity contribution < 1.29 is 68.3 Å². The van der Waals surface area contributed by atoms with Crippen molar-refractivity contribution in [3.8, 4) is 0 Å². The highest BCUT2D eigenvalue weighted by Gasteiger charge is 2.58. The average Bonchev–Trinajstić information content (AvgIpc) is 3.70. The zero-order valence-electron chi connectivity index (χ0n) is 26.9. The van der Waals surface area contributed by atoms with Gasteiger partial charge in [0.15, 0.2) is 36.4 Å². The lowest BCUT2D eigenvalue weighted by Crippen LogP contribution is -2.50. The van der Waals surface area contributed by atoms with Crippen LogP contribution in [0.2, 0.25) is 0 Å². The van der Waals surface area contributed by atoms with Crippen molar-refractivity contribution >= 4 is 28.9 Å². The number of aliphatic hydroxyl groups excluding tert-OH is 4. The first-order chi connectivity index (χ1) is 22.9. The van der Waals surface area contributed by atoms with Crippen LogP contribution in [0.5, 0.6) is 0 Å². The number of nitro groups is 2. The van der Waals surface area contributed by atoms with Gasteiger partial charge in [0.05, 0.1) is 15.9 Å². The Labute approximate surface area is 278 Å². The number of hydrogen-bond donors (Lipinski definition) is 6. The predicted molar refractivity (Wildman–Crippen MR) is 159 cm³/mol. The Hall–Kier alpha value is -3.64. The molecule has 21 heteroatoms. The van der Waals surface area contributed by atoms with Gasteiger partial charge in [-0.1, -0.05) is 0 Å². The van der Waals surface area contributed by atoms with Gasteiger partial charge in [-0.15, -0.1) is 0 Å². The molecule has 0 spiro atoms. The Balaban J connectivity index is 1.21. The Morgan fingerprint density at radius 2 is 1.27 bits per heavy atom. The monoisotopic (exact) mass is 701 g/mol. The molecule has 0 bridgehead atoms. The summed E-state index contributed by atoms with van der Waals surface area (Å²) in [7, 11) is 0. The number of ether oxygens (including phenoxy) is 6. The number of nitro benzene ring substituents is 2. The van der Waals surface area contributed by atoms with Crippen LogP contribution < -0.4 is 15.5 Å². The molecule has 4 fully saturated rings. The number of nitrogens with one attached hydrogen (secondary N) is 2. The van der Waals surface area contributed by atoms with Crippen LogP contribution in [0.4, 0.5) is 17.1 Å². The number of benzene rings is 1. The van der Waals surface area contributed by atoms with Gasteiger partial charge in [0.25, 0.3) is 23.2 Å². The van der Waals surface area contributed by atoms with Gasteiger partial charge in [-0.05, 0) is 33.8 Å². The minimum atomic E-state index is -1.85. The number of carbonyl (C=O) groups is 2. The SMILES string of the molecule is CC1(C)O[C@H]2O[C@H]([C@H](O)C(=O)NCCN(CCNC(=O)[C@@H](O)[C@H]3O[C@@H]4OC(C)(C)O[C@@H]4[C@H]3O)c3ccc([N+](=O)[O-])cc3[N+](=O)[O-])[C@H](O)[C@H]2O1. The van der Waals surface area contributed by atoms with Crippen molar-refractivity contribution in [1.29, 1.82) is 0 Å². The number of nitrogens with zero attached hydrogens (tertiary/aromatic N) is 3. The van der Waals surface area contributed by atoms with E-state index in [-0.39, 0.29) is 31.9 Å². The zero-order chi connectivity index (χ0) is 36.0. The number of fused-ring (bicyclic) bond motifs is 2. The quantitative estimate of drug-likeness (QED) is 0.0934. The molecule has 49 heavy (non-hydrogen) atoms. The molecule has 0 saturated carbocycles. The van der Waals surface area contributed by atoms with Gasteiger partial charge in [0.1, 0.15) is 42.3 Å². The van der Waals surface area contributed by atoms with Crippen LogP contribution in [0.15, 0.2) is 18.2 Å². The van der Waals surface area contributed by atoms with Crippen molar-refractivity contribution in [2.45, 2.75) is 101 Å². The maximum absolute atomic E-state index is 12.8. The van der Waals surface area contributed by atoms with E-state index >= 15 is 0 Å². The molecule has 4 saturated heterocycles. The van der Waals surface area contributed by atoms with E-state index in [2.05, 4.69) is 10.6 Å². The summed E-state index contributed by atoms with van der Waals surface area (Å²) in [6, 6.07) is 2.94. The largest absolute Gasteiger partial charge is 0.387 e. The molecule has 1 aromatic carbocycles. The van der Waals surface area contributed by atoms with Gasteiger partial charge in [-0.3, -0.25) is 29.8 Å². The summed E-state index contributed by atoms with van der Waals surface area (Å²) in [5.74, 6) is -3.98. The van der Waals surface area contributed by atoms with Crippen molar-refractivity contribution in [2.24, 2.45) is 0 Å². The predicted octanol–water partition coefficient (Wildman–Crippen LogP) is -2.26. The third-order valence-corrected chi connectivity index (χ3v) is 8.33.